The Morgan fingerprint density at radius 1 is 0.958 bits per heavy atom. The lowest BCUT2D eigenvalue weighted by atomic mass is 9.77. The third-order valence-corrected chi connectivity index (χ3v) is 4.59. The van der Waals surface area contributed by atoms with E-state index in [0.717, 1.165) is 5.46 Å². The van der Waals surface area contributed by atoms with Crippen molar-refractivity contribution in [3.05, 3.63) is 54.6 Å². The van der Waals surface area contributed by atoms with Crippen molar-refractivity contribution >= 4 is 51.1 Å². The number of hydrogen-bond acceptors (Lipinski definition) is 3. The van der Waals surface area contributed by atoms with Gasteiger partial charge in [0.2, 0.25) is 13.3 Å². The highest BCUT2D eigenvalue weighted by molar-refractivity contribution is 6.56. The van der Waals surface area contributed by atoms with Crippen LogP contribution in [0.4, 0.5) is 0 Å². The zero-order chi connectivity index (χ0) is 16.7. The minimum atomic E-state index is -0.395. The molecule has 24 heavy (non-hydrogen) atoms. The van der Waals surface area contributed by atoms with E-state index in [9.17, 15) is 4.79 Å². The summed E-state index contributed by atoms with van der Waals surface area (Å²) in [5, 5.41) is 10.5. The molecule has 117 valence electrons. The van der Waals surface area contributed by atoms with Gasteiger partial charge in [0.1, 0.15) is 0 Å². The lowest BCUT2D eigenvalue weighted by Crippen LogP contribution is -2.48. The Morgan fingerprint density at radius 2 is 1.58 bits per heavy atom. The average Bonchev–Trinajstić information content (AvgIpc) is 2.64. The monoisotopic (exact) mass is 314 g/mol. The normalized spacial score (nSPS) is 12.8. The first-order valence-electron chi connectivity index (χ1n) is 7.95. The third kappa shape index (κ3) is 2.30. The molecule has 0 saturated heterocycles. The van der Waals surface area contributed by atoms with Crippen LogP contribution in [0.3, 0.4) is 0 Å². The summed E-state index contributed by atoms with van der Waals surface area (Å²) >= 11 is 0. The Morgan fingerprint density at radius 3 is 2.29 bits per heavy atom. The van der Waals surface area contributed by atoms with E-state index in [0.29, 0.717) is 0 Å². The van der Waals surface area contributed by atoms with E-state index >= 15 is 0 Å². The van der Waals surface area contributed by atoms with E-state index in [1.165, 1.54) is 32.3 Å². The molecule has 4 rings (SSSR count). The van der Waals surface area contributed by atoms with Crippen molar-refractivity contribution in [3.63, 3.8) is 0 Å². The topological polar surface area (TPSA) is 67.2 Å². The number of amides is 1. The lowest BCUT2D eigenvalue weighted by Gasteiger charge is -2.15. The van der Waals surface area contributed by atoms with E-state index in [1.54, 1.807) is 6.92 Å². The molecule has 0 spiro atoms. The van der Waals surface area contributed by atoms with E-state index in [1.807, 2.05) is 7.41 Å². The van der Waals surface area contributed by atoms with E-state index in [2.05, 4.69) is 65.3 Å². The molecule has 0 aliphatic carbocycles. The van der Waals surface area contributed by atoms with Gasteiger partial charge in [0, 0.05) is 0 Å². The fourth-order valence-electron chi connectivity index (χ4n) is 3.30. The number of nitrogens with two attached hydrogens (primary N) is 1. The highest BCUT2D eigenvalue weighted by Crippen LogP contribution is 2.33. The van der Waals surface area contributed by atoms with Gasteiger partial charge in [-0.25, -0.2) is 5.84 Å². The largest absolute Gasteiger partial charge is 0.346 e. The van der Waals surface area contributed by atoms with Crippen LogP contribution in [0, 0.1) is 0 Å². The second-order valence-corrected chi connectivity index (χ2v) is 6.05. The summed E-state index contributed by atoms with van der Waals surface area (Å²) in [7, 11) is 1.88. The number of carbonyl (C=O) groups is 1. The summed E-state index contributed by atoms with van der Waals surface area (Å²) in [6, 6.07) is 18.8. The predicted molar refractivity (Wildman–Crippen MR) is 100 cm³/mol. The van der Waals surface area contributed by atoms with Gasteiger partial charge in [0.25, 0.3) is 0 Å². The molecule has 0 aliphatic rings. The second kappa shape index (κ2) is 5.78. The van der Waals surface area contributed by atoms with Crippen LogP contribution in [-0.2, 0) is 4.79 Å². The van der Waals surface area contributed by atoms with Gasteiger partial charge in [-0.3, -0.25) is 10.2 Å². The maximum atomic E-state index is 11.6. The Hall–Kier alpha value is -2.63. The van der Waals surface area contributed by atoms with Crippen LogP contribution in [-0.4, -0.2) is 19.4 Å². The second-order valence-electron chi connectivity index (χ2n) is 6.05. The summed E-state index contributed by atoms with van der Waals surface area (Å²) in [6.07, 6.45) is 0. The van der Waals surface area contributed by atoms with Crippen LogP contribution in [0.25, 0.3) is 32.3 Å². The molecule has 4 aromatic carbocycles. The molecule has 0 saturated carbocycles. The number of rotatable bonds is 4. The fourth-order valence-corrected chi connectivity index (χ4v) is 3.30. The van der Waals surface area contributed by atoms with Gasteiger partial charge in [-0.15, -0.1) is 0 Å². The molecule has 1 radical (unpaired) electrons. The Bertz CT molecular complexity index is 1030. The molecular weight excluding hydrogens is 297 g/mol. The molecule has 4 N–H and O–H groups in total. The first kappa shape index (κ1) is 14.9. The first-order chi connectivity index (χ1) is 11.7. The third-order valence-electron chi connectivity index (χ3n) is 4.59. The van der Waals surface area contributed by atoms with E-state index in [-0.39, 0.29) is 5.91 Å². The predicted octanol–water partition coefficient (Wildman–Crippen LogP) is 1.80. The minimum Gasteiger partial charge on any atom is -0.346 e. The van der Waals surface area contributed by atoms with Crippen molar-refractivity contribution in [2.45, 2.75) is 13.0 Å². The van der Waals surface area contributed by atoms with Gasteiger partial charge in [-0.05, 0) is 39.2 Å². The highest BCUT2D eigenvalue weighted by Gasteiger charge is 2.14. The molecule has 1 amide bonds. The van der Waals surface area contributed by atoms with Crippen LogP contribution in [0.5, 0.6) is 0 Å². The highest BCUT2D eigenvalue weighted by atomic mass is 16.2. The summed E-state index contributed by atoms with van der Waals surface area (Å²) in [4.78, 5) is 11.6. The number of nitrogens with one attached hydrogen (secondary N) is 2. The van der Waals surface area contributed by atoms with Crippen molar-refractivity contribution in [3.8, 4) is 0 Å². The summed E-state index contributed by atoms with van der Waals surface area (Å²) in [6.45, 7) is 1.77. The van der Waals surface area contributed by atoms with Crippen LogP contribution < -0.4 is 22.0 Å². The van der Waals surface area contributed by atoms with Crippen molar-refractivity contribution in [1.29, 1.82) is 0 Å². The van der Waals surface area contributed by atoms with Crippen molar-refractivity contribution in [2.24, 2.45) is 5.84 Å². The summed E-state index contributed by atoms with van der Waals surface area (Å²) in [5.74, 6) is 4.93. The molecule has 0 aliphatic heterocycles. The van der Waals surface area contributed by atoms with Crippen LogP contribution in [0.2, 0.25) is 0 Å². The zero-order valence-corrected chi connectivity index (χ0v) is 13.3. The standard InChI is InChI=1S/C19H17BN3O/c1-11(19(24)23-21)22-20-16-10-8-14-6-5-12-3-2-4-13-7-9-15(16)18(14)17(12)13/h2-11,22H,21H2,1H3,(H,23,24). The van der Waals surface area contributed by atoms with Gasteiger partial charge in [-0.1, -0.05) is 60.1 Å². The molecule has 0 fully saturated rings. The van der Waals surface area contributed by atoms with Gasteiger partial charge in [0.05, 0.1) is 6.04 Å². The number of hydrazine groups is 1. The Labute approximate surface area is 140 Å². The molecule has 1 unspecified atom stereocenters. The minimum absolute atomic E-state index is 0.246. The molecule has 0 bridgehead atoms. The summed E-state index contributed by atoms with van der Waals surface area (Å²) in [5.41, 5.74) is 3.21. The fraction of sp³-hybridized carbons (Fsp3) is 0.105. The van der Waals surface area contributed by atoms with Gasteiger partial charge in [-0.2, -0.15) is 0 Å². The van der Waals surface area contributed by atoms with Crippen molar-refractivity contribution < 1.29 is 4.79 Å². The molecule has 1 atom stereocenters. The van der Waals surface area contributed by atoms with Crippen molar-refractivity contribution in [2.75, 3.05) is 0 Å². The molecule has 0 aromatic heterocycles. The molecule has 0 heterocycles. The van der Waals surface area contributed by atoms with E-state index in [4.69, 9.17) is 5.84 Å². The molecular formula is C19H17BN3O. The van der Waals surface area contributed by atoms with Gasteiger partial charge >= 0.3 is 0 Å². The quantitative estimate of drug-likeness (QED) is 0.177. The van der Waals surface area contributed by atoms with Crippen LogP contribution in [0.15, 0.2) is 54.6 Å². The van der Waals surface area contributed by atoms with Crippen LogP contribution in [0.1, 0.15) is 6.92 Å². The Kier molecular flexibility index (Phi) is 3.60. The van der Waals surface area contributed by atoms with Gasteiger partial charge < -0.3 is 5.23 Å². The number of carbonyl (C=O) groups excluding carboxylic acids is 1. The van der Waals surface area contributed by atoms with E-state index < -0.39 is 6.04 Å². The lowest BCUT2D eigenvalue weighted by molar-refractivity contribution is -0.122. The molecule has 4 nitrogen and oxygen atoms in total. The zero-order valence-electron chi connectivity index (χ0n) is 13.3. The number of hydrogen-bond donors (Lipinski definition) is 3. The molecule has 4 aromatic rings. The molecule has 5 heteroatoms. The van der Waals surface area contributed by atoms with Crippen molar-refractivity contribution in [1.82, 2.24) is 10.7 Å². The van der Waals surface area contributed by atoms with Crippen LogP contribution >= 0.6 is 0 Å². The SMILES string of the molecule is CC(N[B]c1ccc2ccc3cccc4ccc1c2c34)C(=O)NN. The number of benzene rings is 4. The van der Waals surface area contributed by atoms with Gasteiger partial charge in [0.15, 0.2) is 0 Å². The smallest absolute Gasteiger partial charge is 0.249 e. The maximum Gasteiger partial charge on any atom is 0.249 e. The Balaban J connectivity index is 1.84. The first-order valence-corrected chi connectivity index (χ1v) is 7.95. The summed E-state index contributed by atoms with van der Waals surface area (Å²) < 4.78 is 0. The average molecular weight is 314 g/mol. The maximum absolute atomic E-state index is 11.6.